The minimum Gasteiger partial charge on any atom is -0.490 e. The van der Waals surface area contributed by atoms with Gasteiger partial charge in [0.15, 0.2) is 5.75 Å². The van der Waals surface area contributed by atoms with E-state index in [-0.39, 0.29) is 5.41 Å². The molecule has 0 unspecified atom stereocenters. The Bertz CT molecular complexity index is 942. The molecule has 0 aliphatic carbocycles. The van der Waals surface area contributed by atoms with E-state index in [1.807, 2.05) is 25.1 Å². The second-order valence-corrected chi connectivity index (χ2v) is 8.59. The number of hydrogen-bond acceptors (Lipinski definition) is 3. The Morgan fingerprint density at radius 3 is 2.21 bits per heavy atom. The van der Waals surface area contributed by atoms with Gasteiger partial charge in [-0.25, -0.2) is 0 Å². The molecule has 29 heavy (non-hydrogen) atoms. The molecule has 0 bridgehead atoms. The van der Waals surface area contributed by atoms with Crippen molar-refractivity contribution in [3.63, 3.8) is 0 Å². The molecule has 0 aliphatic rings. The Hall–Kier alpha value is -1.68. The third kappa shape index (κ3) is 4.91. The molecule has 0 saturated heterocycles. The summed E-state index contributed by atoms with van der Waals surface area (Å²) >= 11 is 18.6. The fourth-order valence-electron chi connectivity index (χ4n) is 3.13. The zero-order chi connectivity index (χ0) is 21.0. The minimum atomic E-state index is -0.293. The van der Waals surface area contributed by atoms with Crippen LogP contribution in [-0.4, -0.2) is 17.6 Å². The zero-order valence-electron chi connectivity index (χ0n) is 16.8. The summed E-state index contributed by atoms with van der Waals surface area (Å²) in [6.07, 6.45) is 1.56. The van der Waals surface area contributed by atoms with Gasteiger partial charge in [0, 0.05) is 29.3 Å². The van der Waals surface area contributed by atoms with E-state index in [2.05, 4.69) is 43.3 Å². The standard InChI is InChI=1S/C23H24Cl3NO2/c1-4-18-14-21(27-29-18)15-6-8-16(9-7-15)23(2,3)17-12-19(25)22(20(26)13-17)28-11-5-10-24/h6-9,12-14H,4-5,10-11H2,1-3H3. The largest absolute Gasteiger partial charge is 0.490 e. The fourth-order valence-corrected chi connectivity index (χ4v) is 3.83. The van der Waals surface area contributed by atoms with Crippen molar-refractivity contribution in [1.82, 2.24) is 5.16 Å². The number of benzene rings is 2. The Morgan fingerprint density at radius 2 is 1.66 bits per heavy atom. The van der Waals surface area contributed by atoms with E-state index in [9.17, 15) is 0 Å². The van der Waals surface area contributed by atoms with Crippen molar-refractivity contribution in [2.45, 2.75) is 39.0 Å². The van der Waals surface area contributed by atoms with Crippen LogP contribution >= 0.6 is 34.8 Å². The van der Waals surface area contributed by atoms with Crippen LogP contribution in [0.5, 0.6) is 5.75 Å². The first-order valence-corrected chi connectivity index (χ1v) is 10.9. The van der Waals surface area contributed by atoms with Crippen LogP contribution in [0.1, 0.15) is 44.1 Å². The molecule has 6 heteroatoms. The van der Waals surface area contributed by atoms with Crippen LogP contribution in [0.2, 0.25) is 10.0 Å². The predicted octanol–water partition coefficient (Wildman–Crippen LogP) is 7.54. The van der Waals surface area contributed by atoms with Crippen molar-refractivity contribution < 1.29 is 9.26 Å². The normalized spacial score (nSPS) is 11.7. The monoisotopic (exact) mass is 451 g/mol. The van der Waals surface area contributed by atoms with Crippen LogP contribution < -0.4 is 4.74 Å². The van der Waals surface area contributed by atoms with Crippen LogP contribution in [0.15, 0.2) is 47.0 Å². The van der Waals surface area contributed by atoms with E-state index < -0.39 is 0 Å². The summed E-state index contributed by atoms with van der Waals surface area (Å²) in [5, 5.41) is 5.14. The molecular formula is C23H24Cl3NO2. The molecular weight excluding hydrogens is 429 g/mol. The van der Waals surface area contributed by atoms with Crippen LogP contribution in [0, 0.1) is 0 Å². The van der Waals surface area contributed by atoms with E-state index in [1.165, 1.54) is 0 Å². The van der Waals surface area contributed by atoms with Gasteiger partial charge in [-0.2, -0.15) is 0 Å². The zero-order valence-corrected chi connectivity index (χ0v) is 19.0. The lowest BCUT2D eigenvalue weighted by Crippen LogP contribution is -2.19. The minimum absolute atomic E-state index is 0.293. The van der Waals surface area contributed by atoms with Gasteiger partial charge in [0.25, 0.3) is 0 Å². The number of hydrogen-bond donors (Lipinski definition) is 0. The highest BCUT2D eigenvalue weighted by Crippen LogP contribution is 2.40. The lowest BCUT2D eigenvalue weighted by Gasteiger charge is -2.27. The van der Waals surface area contributed by atoms with Gasteiger partial charge in [-0.3, -0.25) is 0 Å². The maximum atomic E-state index is 6.47. The third-order valence-corrected chi connectivity index (χ3v) is 5.88. The topological polar surface area (TPSA) is 35.3 Å². The maximum absolute atomic E-state index is 6.47. The van der Waals surface area contributed by atoms with E-state index in [0.717, 1.165) is 41.0 Å². The Kier molecular flexibility index (Phi) is 7.15. The van der Waals surface area contributed by atoms with Crippen molar-refractivity contribution >= 4 is 34.8 Å². The second kappa shape index (κ2) is 9.42. The maximum Gasteiger partial charge on any atom is 0.156 e. The lowest BCUT2D eigenvalue weighted by atomic mass is 9.78. The molecule has 0 saturated carbocycles. The quantitative estimate of drug-likeness (QED) is 0.261. The number of halogens is 3. The van der Waals surface area contributed by atoms with E-state index >= 15 is 0 Å². The SMILES string of the molecule is CCc1cc(-c2ccc(C(C)(C)c3cc(Cl)c(OCCCCl)c(Cl)c3)cc2)no1. The summed E-state index contributed by atoms with van der Waals surface area (Å²) in [4.78, 5) is 0. The highest BCUT2D eigenvalue weighted by molar-refractivity contribution is 6.37. The van der Waals surface area contributed by atoms with Gasteiger partial charge in [0.05, 0.1) is 16.7 Å². The van der Waals surface area contributed by atoms with E-state index in [0.29, 0.717) is 28.3 Å². The number of aromatic nitrogens is 1. The molecule has 0 radical (unpaired) electrons. The molecule has 0 amide bonds. The van der Waals surface area contributed by atoms with Gasteiger partial charge < -0.3 is 9.26 Å². The summed E-state index contributed by atoms with van der Waals surface area (Å²) in [5.74, 6) is 1.91. The van der Waals surface area contributed by atoms with Crippen LogP contribution in [0.4, 0.5) is 0 Å². The van der Waals surface area contributed by atoms with Crippen molar-refractivity contribution in [2.75, 3.05) is 12.5 Å². The van der Waals surface area contributed by atoms with Crippen molar-refractivity contribution in [3.05, 3.63) is 69.4 Å². The summed E-state index contributed by atoms with van der Waals surface area (Å²) in [6.45, 7) is 6.81. The first-order chi connectivity index (χ1) is 13.9. The highest BCUT2D eigenvalue weighted by atomic mass is 35.5. The van der Waals surface area contributed by atoms with Crippen molar-refractivity contribution in [3.8, 4) is 17.0 Å². The van der Waals surface area contributed by atoms with Crippen LogP contribution in [-0.2, 0) is 11.8 Å². The highest BCUT2D eigenvalue weighted by Gasteiger charge is 2.25. The molecule has 1 aromatic heterocycles. The molecule has 2 aromatic carbocycles. The van der Waals surface area contributed by atoms with Gasteiger partial charge in [-0.05, 0) is 29.7 Å². The number of ether oxygens (including phenoxy) is 1. The number of rotatable bonds is 8. The van der Waals surface area contributed by atoms with Crippen molar-refractivity contribution in [1.29, 1.82) is 0 Å². The van der Waals surface area contributed by atoms with Crippen LogP contribution in [0.3, 0.4) is 0 Å². The number of nitrogens with zero attached hydrogens (tertiary/aromatic N) is 1. The molecule has 1 heterocycles. The Labute approximate surface area is 186 Å². The Morgan fingerprint density at radius 1 is 1.00 bits per heavy atom. The first-order valence-electron chi connectivity index (χ1n) is 9.61. The van der Waals surface area contributed by atoms with Gasteiger partial charge in [-0.15, -0.1) is 11.6 Å². The predicted molar refractivity (Wildman–Crippen MR) is 121 cm³/mol. The molecule has 3 nitrogen and oxygen atoms in total. The molecule has 0 fully saturated rings. The third-order valence-electron chi connectivity index (χ3n) is 5.05. The average molecular weight is 453 g/mol. The molecule has 3 aromatic rings. The van der Waals surface area contributed by atoms with E-state index in [4.69, 9.17) is 44.1 Å². The van der Waals surface area contributed by atoms with Gasteiger partial charge in [0.2, 0.25) is 0 Å². The molecule has 0 N–H and O–H groups in total. The fraction of sp³-hybridized carbons (Fsp3) is 0.348. The summed E-state index contributed by atoms with van der Waals surface area (Å²) < 4.78 is 11.0. The van der Waals surface area contributed by atoms with E-state index in [1.54, 1.807) is 0 Å². The second-order valence-electron chi connectivity index (χ2n) is 7.39. The molecule has 0 spiro atoms. The molecule has 0 aliphatic heterocycles. The van der Waals surface area contributed by atoms with Crippen LogP contribution in [0.25, 0.3) is 11.3 Å². The molecule has 154 valence electrons. The smallest absolute Gasteiger partial charge is 0.156 e. The lowest BCUT2D eigenvalue weighted by molar-refractivity contribution is 0.318. The number of alkyl halides is 1. The molecule has 3 rings (SSSR count). The number of aryl methyl sites for hydroxylation is 1. The summed E-state index contributed by atoms with van der Waals surface area (Å²) in [5.41, 5.74) is 3.73. The molecule has 0 atom stereocenters. The van der Waals surface area contributed by atoms with Gasteiger partial charge in [0.1, 0.15) is 11.5 Å². The first kappa shape index (κ1) is 22.0. The average Bonchev–Trinajstić information content (AvgIpc) is 3.19. The van der Waals surface area contributed by atoms with Gasteiger partial charge >= 0.3 is 0 Å². The Balaban J connectivity index is 1.86. The summed E-state index contributed by atoms with van der Waals surface area (Å²) in [6, 6.07) is 14.1. The summed E-state index contributed by atoms with van der Waals surface area (Å²) in [7, 11) is 0. The van der Waals surface area contributed by atoms with Gasteiger partial charge in [-0.1, -0.05) is 73.4 Å². The van der Waals surface area contributed by atoms with Crippen molar-refractivity contribution in [2.24, 2.45) is 0 Å².